The summed E-state index contributed by atoms with van der Waals surface area (Å²) in [5, 5.41) is 9.11. The molecule has 0 aliphatic carbocycles. The van der Waals surface area contributed by atoms with E-state index < -0.39 is 11.8 Å². The zero-order chi connectivity index (χ0) is 17.7. The smallest absolute Gasteiger partial charge is 0.328 e. The maximum atomic E-state index is 13.8. The van der Waals surface area contributed by atoms with E-state index in [1.165, 1.54) is 31.4 Å². The van der Waals surface area contributed by atoms with Gasteiger partial charge in [-0.25, -0.2) is 9.18 Å². The summed E-state index contributed by atoms with van der Waals surface area (Å²) in [5.41, 5.74) is 0.725. The molecule has 0 spiro atoms. The van der Waals surface area contributed by atoms with Gasteiger partial charge in [-0.2, -0.15) is 0 Å². The minimum Gasteiger partial charge on any atom is -0.493 e. The molecule has 126 valence electrons. The predicted octanol–water partition coefficient (Wildman–Crippen LogP) is 4.82. The highest BCUT2D eigenvalue weighted by molar-refractivity contribution is 6.32. The Bertz CT molecular complexity index is 770. The van der Waals surface area contributed by atoms with Crippen molar-refractivity contribution in [1.82, 2.24) is 0 Å². The van der Waals surface area contributed by atoms with Gasteiger partial charge in [0.2, 0.25) is 0 Å². The molecule has 0 bridgehead atoms. The molecule has 0 saturated carbocycles. The van der Waals surface area contributed by atoms with E-state index in [1.54, 1.807) is 12.1 Å². The molecule has 0 radical (unpaired) electrons. The van der Waals surface area contributed by atoms with E-state index >= 15 is 0 Å². The van der Waals surface area contributed by atoms with E-state index in [0.29, 0.717) is 11.3 Å². The van der Waals surface area contributed by atoms with Gasteiger partial charge in [0.05, 0.1) is 17.2 Å². The average Bonchev–Trinajstić information content (AvgIpc) is 2.53. The van der Waals surface area contributed by atoms with Crippen molar-refractivity contribution in [3.05, 3.63) is 63.4 Å². The number of rotatable bonds is 6. The van der Waals surface area contributed by atoms with Crippen molar-refractivity contribution in [3.63, 3.8) is 0 Å². The Morgan fingerprint density at radius 3 is 2.67 bits per heavy atom. The predicted molar refractivity (Wildman–Crippen MR) is 90.4 cm³/mol. The molecular formula is C17H13Cl2FO4. The standard InChI is InChI=1S/C17H13Cl2FO4/c1-23-15-8-10(5-6-16(21)22)7-13(19)17(15)24-9-11-12(18)3-2-4-14(11)20/h2-8H,9H2,1H3,(H,21,22). The fourth-order valence-corrected chi connectivity index (χ4v) is 2.45. The number of benzene rings is 2. The molecule has 0 atom stereocenters. The van der Waals surface area contributed by atoms with E-state index in [4.69, 9.17) is 37.8 Å². The first-order valence-electron chi connectivity index (χ1n) is 6.76. The highest BCUT2D eigenvalue weighted by atomic mass is 35.5. The summed E-state index contributed by atoms with van der Waals surface area (Å²) in [5.74, 6) is -1.07. The molecule has 0 aromatic heterocycles. The molecule has 0 aliphatic rings. The highest BCUT2D eigenvalue weighted by Crippen LogP contribution is 2.37. The highest BCUT2D eigenvalue weighted by Gasteiger charge is 2.14. The second-order valence-electron chi connectivity index (χ2n) is 4.69. The van der Waals surface area contributed by atoms with Crippen molar-refractivity contribution < 1.29 is 23.8 Å². The van der Waals surface area contributed by atoms with Crippen molar-refractivity contribution in [1.29, 1.82) is 0 Å². The van der Waals surface area contributed by atoms with Crippen molar-refractivity contribution in [3.8, 4) is 11.5 Å². The maximum absolute atomic E-state index is 13.8. The Labute approximate surface area is 148 Å². The summed E-state index contributed by atoms with van der Waals surface area (Å²) in [6.45, 7) is -0.133. The lowest BCUT2D eigenvalue weighted by molar-refractivity contribution is -0.131. The van der Waals surface area contributed by atoms with Crippen LogP contribution in [0.25, 0.3) is 6.08 Å². The van der Waals surface area contributed by atoms with Crippen LogP contribution in [-0.2, 0) is 11.4 Å². The summed E-state index contributed by atoms with van der Waals surface area (Å²) in [6.07, 6.45) is 2.35. The summed E-state index contributed by atoms with van der Waals surface area (Å²) in [4.78, 5) is 10.6. The van der Waals surface area contributed by atoms with Gasteiger partial charge >= 0.3 is 5.97 Å². The third-order valence-corrected chi connectivity index (χ3v) is 3.73. The van der Waals surface area contributed by atoms with Crippen LogP contribution in [0, 0.1) is 5.82 Å². The maximum Gasteiger partial charge on any atom is 0.328 e. The van der Waals surface area contributed by atoms with Gasteiger partial charge in [-0.1, -0.05) is 29.3 Å². The second-order valence-corrected chi connectivity index (χ2v) is 5.51. The van der Waals surface area contributed by atoms with Crippen LogP contribution in [0.2, 0.25) is 10.0 Å². The lowest BCUT2D eigenvalue weighted by Gasteiger charge is -2.14. The number of ether oxygens (including phenoxy) is 2. The molecule has 2 aromatic carbocycles. The van der Waals surface area contributed by atoms with E-state index in [0.717, 1.165) is 6.08 Å². The van der Waals surface area contributed by atoms with Gasteiger partial charge in [0.1, 0.15) is 12.4 Å². The van der Waals surface area contributed by atoms with Gasteiger partial charge in [0, 0.05) is 11.6 Å². The summed E-state index contributed by atoms with van der Waals surface area (Å²) < 4.78 is 24.6. The molecule has 0 fully saturated rings. The molecule has 0 amide bonds. The molecule has 4 nitrogen and oxygen atoms in total. The molecule has 2 aromatic rings. The summed E-state index contributed by atoms with van der Waals surface area (Å²) >= 11 is 12.1. The fraction of sp³-hybridized carbons (Fsp3) is 0.118. The molecule has 0 aliphatic heterocycles. The van der Waals surface area contributed by atoms with Crippen LogP contribution in [-0.4, -0.2) is 18.2 Å². The number of hydrogen-bond acceptors (Lipinski definition) is 3. The van der Waals surface area contributed by atoms with E-state index in [2.05, 4.69) is 0 Å². The first kappa shape index (κ1) is 18.1. The quantitative estimate of drug-likeness (QED) is 0.740. The fourth-order valence-electron chi connectivity index (χ4n) is 1.96. The zero-order valence-electron chi connectivity index (χ0n) is 12.6. The zero-order valence-corrected chi connectivity index (χ0v) is 14.1. The second kappa shape index (κ2) is 8.04. The van der Waals surface area contributed by atoms with E-state index in [-0.39, 0.29) is 28.0 Å². The van der Waals surface area contributed by atoms with Crippen LogP contribution in [0.3, 0.4) is 0 Å². The first-order chi connectivity index (χ1) is 11.4. The molecule has 1 N–H and O–H groups in total. The Balaban J connectivity index is 2.28. The molecule has 0 saturated heterocycles. The van der Waals surface area contributed by atoms with Crippen LogP contribution in [0.1, 0.15) is 11.1 Å². The molecular weight excluding hydrogens is 358 g/mol. The molecule has 2 rings (SSSR count). The van der Waals surface area contributed by atoms with Crippen LogP contribution in [0.4, 0.5) is 4.39 Å². The average molecular weight is 371 g/mol. The first-order valence-corrected chi connectivity index (χ1v) is 7.52. The minimum atomic E-state index is -1.08. The van der Waals surface area contributed by atoms with Crippen molar-refractivity contribution >= 4 is 35.2 Å². The van der Waals surface area contributed by atoms with Gasteiger partial charge < -0.3 is 14.6 Å². The van der Waals surface area contributed by atoms with Gasteiger partial charge in [-0.3, -0.25) is 0 Å². The van der Waals surface area contributed by atoms with Gasteiger partial charge in [-0.15, -0.1) is 0 Å². The molecule has 24 heavy (non-hydrogen) atoms. The number of aliphatic carboxylic acids is 1. The summed E-state index contributed by atoms with van der Waals surface area (Å²) in [6, 6.07) is 7.41. The monoisotopic (exact) mass is 370 g/mol. The topological polar surface area (TPSA) is 55.8 Å². The number of methoxy groups -OCH3 is 1. The van der Waals surface area contributed by atoms with Gasteiger partial charge in [-0.05, 0) is 35.9 Å². The van der Waals surface area contributed by atoms with Crippen LogP contribution >= 0.6 is 23.2 Å². The minimum absolute atomic E-state index is 0.133. The Morgan fingerprint density at radius 1 is 1.29 bits per heavy atom. The lowest BCUT2D eigenvalue weighted by Crippen LogP contribution is -2.02. The van der Waals surface area contributed by atoms with E-state index in [9.17, 15) is 9.18 Å². The van der Waals surface area contributed by atoms with Gasteiger partial charge in [0.25, 0.3) is 0 Å². The number of carbonyl (C=O) groups is 1. The normalized spacial score (nSPS) is 10.8. The number of halogens is 3. The number of carboxylic acids is 1. The van der Waals surface area contributed by atoms with E-state index in [1.807, 2.05) is 0 Å². The number of carboxylic acid groups (broad SMARTS) is 1. The third-order valence-electron chi connectivity index (χ3n) is 3.09. The molecule has 7 heteroatoms. The third kappa shape index (κ3) is 4.40. The Hall–Kier alpha value is -2.24. The Morgan fingerprint density at radius 2 is 2.04 bits per heavy atom. The molecule has 0 heterocycles. The molecule has 0 unspecified atom stereocenters. The van der Waals surface area contributed by atoms with Crippen LogP contribution in [0.15, 0.2) is 36.4 Å². The van der Waals surface area contributed by atoms with Crippen molar-refractivity contribution in [2.24, 2.45) is 0 Å². The SMILES string of the molecule is COc1cc(C=CC(=O)O)cc(Cl)c1OCc1c(F)cccc1Cl. The summed E-state index contributed by atoms with van der Waals surface area (Å²) in [7, 11) is 1.42. The van der Waals surface area contributed by atoms with Crippen molar-refractivity contribution in [2.75, 3.05) is 7.11 Å². The van der Waals surface area contributed by atoms with Gasteiger partial charge in [0.15, 0.2) is 11.5 Å². The van der Waals surface area contributed by atoms with Crippen molar-refractivity contribution in [2.45, 2.75) is 6.61 Å². The number of hydrogen-bond donors (Lipinski definition) is 1. The van der Waals surface area contributed by atoms with Crippen LogP contribution in [0.5, 0.6) is 11.5 Å². The largest absolute Gasteiger partial charge is 0.493 e. The lowest BCUT2D eigenvalue weighted by atomic mass is 10.2. The van der Waals surface area contributed by atoms with Crippen LogP contribution < -0.4 is 9.47 Å². The Kier molecular flexibility index (Phi) is 6.06.